The minimum Gasteiger partial charge on any atom is -0.371 e. The molecule has 1 aliphatic heterocycles. The third kappa shape index (κ3) is 4.12. The van der Waals surface area contributed by atoms with Crippen molar-refractivity contribution in [1.29, 1.82) is 0 Å². The third-order valence-electron chi connectivity index (χ3n) is 4.49. The number of nitrogens with zero attached hydrogens (tertiary/aromatic N) is 4. The molecule has 1 aromatic carbocycles. The van der Waals surface area contributed by atoms with Gasteiger partial charge < -0.3 is 15.4 Å². The van der Waals surface area contributed by atoms with Crippen LogP contribution >= 0.6 is 0 Å². The van der Waals surface area contributed by atoms with Crippen LogP contribution in [0.4, 0.5) is 10.5 Å². The number of hydrogen-bond acceptors (Lipinski definition) is 5. The Bertz CT molecular complexity index is 867. The van der Waals surface area contributed by atoms with Gasteiger partial charge in [-0.2, -0.15) is 0 Å². The Morgan fingerprint density at radius 3 is 2.67 bits per heavy atom. The number of urea groups is 1. The van der Waals surface area contributed by atoms with Gasteiger partial charge in [0.05, 0.1) is 24.1 Å². The van der Waals surface area contributed by atoms with Crippen molar-refractivity contribution >= 4 is 11.7 Å². The van der Waals surface area contributed by atoms with Crippen molar-refractivity contribution in [1.82, 2.24) is 25.3 Å². The fourth-order valence-electron chi connectivity index (χ4n) is 3.19. The van der Waals surface area contributed by atoms with Gasteiger partial charge in [0.15, 0.2) is 0 Å². The van der Waals surface area contributed by atoms with E-state index in [1.165, 1.54) is 0 Å². The van der Waals surface area contributed by atoms with Crippen molar-refractivity contribution in [3.63, 3.8) is 0 Å². The van der Waals surface area contributed by atoms with Crippen LogP contribution in [0.15, 0.2) is 61.2 Å². The quantitative estimate of drug-likeness (QED) is 0.742. The molecular weight excluding hydrogens is 344 g/mol. The third-order valence-corrected chi connectivity index (χ3v) is 4.49. The van der Waals surface area contributed by atoms with Gasteiger partial charge in [-0.05, 0) is 54.8 Å². The van der Waals surface area contributed by atoms with Crippen LogP contribution in [0.1, 0.15) is 24.5 Å². The summed E-state index contributed by atoms with van der Waals surface area (Å²) in [6.45, 7) is 0.691. The average molecular weight is 364 g/mol. The van der Waals surface area contributed by atoms with Gasteiger partial charge in [0, 0.05) is 24.7 Å². The van der Waals surface area contributed by atoms with E-state index in [9.17, 15) is 4.79 Å². The Kier molecular flexibility index (Phi) is 5.06. The van der Waals surface area contributed by atoms with Gasteiger partial charge in [0.1, 0.15) is 6.10 Å². The molecule has 0 spiro atoms. The Balaban J connectivity index is 1.39. The molecule has 2 aromatic heterocycles. The summed E-state index contributed by atoms with van der Waals surface area (Å²) in [6, 6.07) is 10.9. The predicted molar refractivity (Wildman–Crippen MR) is 99.5 cm³/mol. The highest BCUT2D eigenvalue weighted by atomic mass is 16.5. The highest BCUT2D eigenvalue weighted by Gasteiger charge is 2.28. The smallest absolute Gasteiger partial charge is 0.319 e. The summed E-state index contributed by atoms with van der Waals surface area (Å²) < 4.78 is 7.55. The zero-order valence-corrected chi connectivity index (χ0v) is 14.7. The minimum absolute atomic E-state index is 0.0874. The molecule has 3 heterocycles. The summed E-state index contributed by atoms with van der Waals surface area (Å²) >= 11 is 0. The number of benzene rings is 1. The molecule has 8 nitrogen and oxygen atoms in total. The first-order chi connectivity index (χ1) is 13.3. The number of carbonyl (C=O) groups is 1. The zero-order valence-electron chi connectivity index (χ0n) is 14.7. The van der Waals surface area contributed by atoms with Gasteiger partial charge in [-0.25, -0.2) is 9.48 Å². The number of pyridine rings is 1. The Morgan fingerprint density at radius 1 is 1.11 bits per heavy atom. The number of hydrogen-bond donors (Lipinski definition) is 2. The van der Waals surface area contributed by atoms with E-state index in [-0.39, 0.29) is 18.2 Å². The highest BCUT2D eigenvalue weighted by molar-refractivity contribution is 5.89. The predicted octanol–water partition coefficient (Wildman–Crippen LogP) is 2.70. The summed E-state index contributed by atoms with van der Waals surface area (Å²) in [7, 11) is 0. The van der Waals surface area contributed by atoms with E-state index < -0.39 is 0 Å². The van der Waals surface area contributed by atoms with E-state index in [0.717, 1.165) is 24.1 Å². The second-order valence-corrected chi connectivity index (χ2v) is 6.31. The second-order valence-electron chi connectivity index (χ2n) is 6.31. The van der Waals surface area contributed by atoms with Crippen LogP contribution in [0.2, 0.25) is 0 Å². The van der Waals surface area contributed by atoms with Crippen molar-refractivity contribution in [2.45, 2.75) is 25.0 Å². The lowest BCUT2D eigenvalue weighted by Gasteiger charge is -2.32. The first kappa shape index (κ1) is 17.2. The van der Waals surface area contributed by atoms with Gasteiger partial charge in [0.25, 0.3) is 0 Å². The first-order valence-electron chi connectivity index (χ1n) is 8.85. The average Bonchev–Trinajstić information content (AvgIpc) is 3.24. The maximum atomic E-state index is 12.5. The molecule has 3 aromatic rings. The Hall–Kier alpha value is -3.26. The van der Waals surface area contributed by atoms with E-state index >= 15 is 0 Å². The van der Waals surface area contributed by atoms with E-state index in [4.69, 9.17) is 4.74 Å². The van der Waals surface area contributed by atoms with Gasteiger partial charge in [-0.3, -0.25) is 4.98 Å². The van der Waals surface area contributed by atoms with Gasteiger partial charge in [0.2, 0.25) is 0 Å². The summed E-state index contributed by atoms with van der Waals surface area (Å²) in [5.74, 6) is 0. The molecule has 0 aliphatic carbocycles. The standard InChI is InChI=1S/C19H20N6O2/c26-19(22-15-3-5-16(6-4-15)25-12-11-21-24-25)23-17-2-1-13-27-18(17)14-7-9-20-10-8-14/h3-12,17-18H,1-2,13H2,(H2,22,23,26)/t17-,18+/m0/s1. The molecule has 4 rings (SSSR count). The van der Waals surface area contributed by atoms with Crippen molar-refractivity contribution in [3.8, 4) is 5.69 Å². The van der Waals surface area contributed by atoms with Crippen LogP contribution < -0.4 is 10.6 Å². The van der Waals surface area contributed by atoms with Gasteiger partial charge in [-0.15, -0.1) is 5.10 Å². The van der Waals surface area contributed by atoms with Crippen LogP contribution in [0.5, 0.6) is 0 Å². The van der Waals surface area contributed by atoms with Crippen LogP contribution in [0, 0.1) is 0 Å². The molecule has 2 atom stereocenters. The van der Waals surface area contributed by atoms with Crippen molar-refractivity contribution < 1.29 is 9.53 Å². The topological polar surface area (TPSA) is 94.0 Å². The maximum absolute atomic E-state index is 12.5. The number of aromatic nitrogens is 4. The lowest BCUT2D eigenvalue weighted by atomic mass is 9.97. The Labute approximate surface area is 156 Å². The van der Waals surface area contributed by atoms with E-state index in [1.54, 1.807) is 29.5 Å². The zero-order chi connectivity index (χ0) is 18.5. The monoisotopic (exact) mass is 364 g/mol. The van der Waals surface area contributed by atoms with E-state index in [2.05, 4.69) is 25.9 Å². The molecule has 1 fully saturated rings. The molecule has 2 amide bonds. The van der Waals surface area contributed by atoms with Crippen LogP contribution in [-0.2, 0) is 4.74 Å². The summed E-state index contributed by atoms with van der Waals surface area (Å²) in [5.41, 5.74) is 2.60. The largest absolute Gasteiger partial charge is 0.371 e. The van der Waals surface area contributed by atoms with Crippen molar-refractivity contribution in [2.24, 2.45) is 0 Å². The number of amides is 2. The number of anilines is 1. The highest BCUT2D eigenvalue weighted by Crippen LogP contribution is 2.28. The molecule has 0 bridgehead atoms. The number of ether oxygens (including phenoxy) is 1. The molecule has 0 unspecified atom stereocenters. The first-order valence-corrected chi connectivity index (χ1v) is 8.85. The van der Waals surface area contributed by atoms with Gasteiger partial charge in [-0.1, -0.05) is 5.21 Å². The molecule has 27 heavy (non-hydrogen) atoms. The molecule has 1 saturated heterocycles. The fraction of sp³-hybridized carbons (Fsp3) is 0.263. The van der Waals surface area contributed by atoms with Crippen LogP contribution in [0.3, 0.4) is 0 Å². The number of nitrogens with one attached hydrogen (secondary N) is 2. The fourth-order valence-corrected chi connectivity index (χ4v) is 3.19. The summed E-state index contributed by atoms with van der Waals surface area (Å²) in [6.07, 6.45) is 8.47. The molecule has 0 saturated carbocycles. The second kappa shape index (κ2) is 7.96. The number of rotatable bonds is 4. The lowest BCUT2D eigenvalue weighted by Crippen LogP contribution is -2.44. The summed E-state index contributed by atoms with van der Waals surface area (Å²) in [4.78, 5) is 16.5. The van der Waals surface area contributed by atoms with E-state index in [1.807, 2.05) is 36.4 Å². The summed E-state index contributed by atoms with van der Waals surface area (Å²) in [5, 5.41) is 13.6. The molecule has 8 heteroatoms. The molecule has 2 N–H and O–H groups in total. The number of carbonyl (C=O) groups excluding carboxylic acids is 1. The molecule has 0 radical (unpaired) electrons. The van der Waals surface area contributed by atoms with Gasteiger partial charge >= 0.3 is 6.03 Å². The SMILES string of the molecule is O=C(Nc1ccc(-n2ccnn2)cc1)N[C@H]1CCCO[C@@H]1c1ccncc1. The molecular formula is C19H20N6O2. The Morgan fingerprint density at radius 2 is 1.93 bits per heavy atom. The van der Waals surface area contributed by atoms with E-state index in [0.29, 0.717) is 12.3 Å². The van der Waals surface area contributed by atoms with Crippen molar-refractivity contribution in [3.05, 3.63) is 66.7 Å². The molecule has 138 valence electrons. The minimum atomic E-state index is -0.252. The lowest BCUT2D eigenvalue weighted by molar-refractivity contribution is -0.00701. The van der Waals surface area contributed by atoms with Crippen LogP contribution in [0.25, 0.3) is 5.69 Å². The normalized spacial score (nSPS) is 19.4. The van der Waals surface area contributed by atoms with Crippen LogP contribution in [-0.4, -0.2) is 38.7 Å². The molecule has 1 aliphatic rings. The maximum Gasteiger partial charge on any atom is 0.319 e. The van der Waals surface area contributed by atoms with Crippen molar-refractivity contribution in [2.75, 3.05) is 11.9 Å².